The van der Waals surface area contributed by atoms with Crippen LogP contribution in [0.1, 0.15) is 5.56 Å². The van der Waals surface area contributed by atoms with E-state index < -0.39 is 15.7 Å². The highest BCUT2D eigenvalue weighted by atomic mass is 32.2. The van der Waals surface area contributed by atoms with Crippen molar-refractivity contribution in [1.82, 2.24) is 13.9 Å². The maximum atomic E-state index is 12.6. The highest BCUT2D eigenvalue weighted by Crippen LogP contribution is 2.24. The average molecular weight is 494 g/mol. The summed E-state index contributed by atoms with van der Waals surface area (Å²) >= 11 is 0.726. The summed E-state index contributed by atoms with van der Waals surface area (Å²) in [6, 6.07) is 19.1. The number of nitrogens with zero attached hydrogens (tertiary/aromatic N) is 4. The van der Waals surface area contributed by atoms with Crippen LogP contribution in [0.15, 0.2) is 71.5 Å². The number of hydrogen-bond acceptors (Lipinski definition) is 8. The van der Waals surface area contributed by atoms with E-state index in [1.54, 1.807) is 0 Å². The molecular weight excluding hydrogens is 474 g/mol. The molecule has 0 fully saturated rings. The Morgan fingerprint density at radius 2 is 1.94 bits per heavy atom. The number of nitrogens with one attached hydrogen (secondary N) is 1. The van der Waals surface area contributed by atoms with E-state index >= 15 is 0 Å². The summed E-state index contributed by atoms with van der Waals surface area (Å²) in [5.41, 5.74) is 1.47. The fourth-order valence-corrected chi connectivity index (χ4v) is 4.67. The van der Waals surface area contributed by atoms with E-state index in [1.807, 2.05) is 71.4 Å². The Bertz CT molecular complexity index is 1520. The predicted octanol–water partition coefficient (Wildman–Crippen LogP) is 3.52. The fraction of sp³-hybridized carbons (Fsp3) is 0.130. The van der Waals surface area contributed by atoms with Gasteiger partial charge in [-0.2, -0.15) is 14.6 Å². The van der Waals surface area contributed by atoms with Crippen LogP contribution in [-0.2, 0) is 21.2 Å². The minimum Gasteiger partial charge on any atom is -0.492 e. The number of nitriles is 1. The molecule has 2 aromatic heterocycles. The highest BCUT2D eigenvalue weighted by molar-refractivity contribution is 7.90. The number of benzene rings is 2. The lowest BCUT2D eigenvalue weighted by molar-refractivity contribution is -0.112. The zero-order valence-electron chi connectivity index (χ0n) is 18.0. The van der Waals surface area contributed by atoms with Gasteiger partial charge in [-0.3, -0.25) is 10.1 Å². The molecule has 0 bridgehead atoms. The molecule has 1 N–H and O–H groups in total. The summed E-state index contributed by atoms with van der Waals surface area (Å²) in [6.45, 7) is 1.01. The molecule has 0 aliphatic heterocycles. The Morgan fingerprint density at radius 3 is 2.65 bits per heavy atom. The molecule has 0 saturated carbocycles. The minimum atomic E-state index is -3.59. The normalized spacial score (nSPS) is 11.8. The van der Waals surface area contributed by atoms with Crippen molar-refractivity contribution >= 4 is 49.4 Å². The molecule has 0 atom stereocenters. The Hall–Kier alpha value is -4.01. The number of sulfone groups is 1. The van der Waals surface area contributed by atoms with Crippen molar-refractivity contribution in [2.45, 2.75) is 11.7 Å². The highest BCUT2D eigenvalue weighted by Gasteiger charge is 2.18. The van der Waals surface area contributed by atoms with Crippen molar-refractivity contribution < 1.29 is 17.9 Å². The Labute approximate surface area is 200 Å². The van der Waals surface area contributed by atoms with Crippen LogP contribution in [-0.4, -0.2) is 41.1 Å². The Kier molecular flexibility index (Phi) is 6.72. The zero-order valence-corrected chi connectivity index (χ0v) is 19.6. The topological polar surface area (TPSA) is 127 Å². The molecular formula is C23H19N5O4S2. The van der Waals surface area contributed by atoms with Crippen molar-refractivity contribution in [2.75, 3.05) is 18.2 Å². The van der Waals surface area contributed by atoms with Gasteiger partial charge in [0.2, 0.25) is 15.0 Å². The number of carbonyl (C=O) groups is 1. The molecule has 0 radical (unpaired) electrons. The molecule has 0 aliphatic carbocycles. The first kappa shape index (κ1) is 23.2. The van der Waals surface area contributed by atoms with Crippen molar-refractivity contribution in [3.05, 3.63) is 71.9 Å². The van der Waals surface area contributed by atoms with Crippen molar-refractivity contribution in [1.29, 1.82) is 5.26 Å². The second-order valence-corrected chi connectivity index (χ2v) is 9.90. The smallest absolute Gasteiger partial charge is 0.268 e. The molecule has 1 amide bonds. The number of anilines is 1. The molecule has 0 spiro atoms. The third-order valence-electron chi connectivity index (χ3n) is 4.79. The SMILES string of the molecule is CS(=O)(=O)c1nsc(NC(=O)C(C#N)=Cc2cn(CCOc3ccccc3)c3ccccc23)n1. The van der Waals surface area contributed by atoms with Gasteiger partial charge in [-0.15, -0.1) is 0 Å². The van der Waals surface area contributed by atoms with Crippen LogP contribution in [0.3, 0.4) is 0 Å². The van der Waals surface area contributed by atoms with E-state index in [1.165, 1.54) is 6.08 Å². The maximum Gasteiger partial charge on any atom is 0.268 e. The van der Waals surface area contributed by atoms with Gasteiger partial charge in [-0.25, -0.2) is 8.42 Å². The summed E-state index contributed by atoms with van der Waals surface area (Å²) in [4.78, 5) is 16.4. The molecule has 0 unspecified atom stereocenters. The Morgan fingerprint density at radius 1 is 1.21 bits per heavy atom. The number of hydrogen-bond donors (Lipinski definition) is 1. The van der Waals surface area contributed by atoms with Crippen molar-refractivity contribution in [2.24, 2.45) is 0 Å². The lowest BCUT2D eigenvalue weighted by Gasteiger charge is -2.08. The second kappa shape index (κ2) is 9.86. The first-order valence-corrected chi connectivity index (χ1v) is 12.7. The molecule has 11 heteroatoms. The van der Waals surface area contributed by atoms with Gasteiger partial charge in [-0.1, -0.05) is 36.4 Å². The van der Waals surface area contributed by atoms with Gasteiger partial charge in [0.1, 0.15) is 24.0 Å². The van der Waals surface area contributed by atoms with E-state index in [4.69, 9.17) is 4.74 Å². The van der Waals surface area contributed by atoms with Crippen LogP contribution < -0.4 is 10.1 Å². The fourth-order valence-electron chi connectivity index (χ4n) is 3.23. The van der Waals surface area contributed by atoms with Crippen LogP contribution in [0.5, 0.6) is 5.75 Å². The monoisotopic (exact) mass is 493 g/mol. The maximum absolute atomic E-state index is 12.6. The van der Waals surface area contributed by atoms with Gasteiger partial charge in [0.05, 0.1) is 6.54 Å². The number of amides is 1. The summed E-state index contributed by atoms with van der Waals surface area (Å²) < 4.78 is 34.6. The third-order valence-corrected chi connectivity index (χ3v) is 6.38. The van der Waals surface area contributed by atoms with E-state index in [0.717, 1.165) is 34.4 Å². The number of ether oxygens (including phenoxy) is 1. The van der Waals surface area contributed by atoms with Crippen molar-refractivity contribution in [3.63, 3.8) is 0 Å². The van der Waals surface area contributed by atoms with E-state index in [9.17, 15) is 18.5 Å². The van der Waals surface area contributed by atoms with Gasteiger partial charge in [0.15, 0.2) is 0 Å². The predicted molar refractivity (Wildman–Crippen MR) is 129 cm³/mol. The first-order valence-electron chi connectivity index (χ1n) is 10.1. The van der Waals surface area contributed by atoms with Crippen molar-refractivity contribution in [3.8, 4) is 11.8 Å². The number of aromatic nitrogens is 3. The molecule has 0 aliphatic rings. The van der Waals surface area contributed by atoms with Gasteiger partial charge in [0, 0.05) is 40.5 Å². The molecule has 9 nitrogen and oxygen atoms in total. The summed E-state index contributed by atoms with van der Waals surface area (Å²) in [5.74, 6) is 0.0705. The number of fused-ring (bicyclic) bond motifs is 1. The Balaban J connectivity index is 1.55. The third kappa shape index (κ3) is 5.31. The van der Waals surface area contributed by atoms with Crippen LogP contribution in [0.4, 0.5) is 5.13 Å². The largest absolute Gasteiger partial charge is 0.492 e. The van der Waals surface area contributed by atoms with Gasteiger partial charge < -0.3 is 9.30 Å². The molecule has 2 aromatic carbocycles. The molecule has 34 heavy (non-hydrogen) atoms. The van der Waals surface area contributed by atoms with Crippen LogP contribution in [0, 0.1) is 11.3 Å². The number of carbonyl (C=O) groups excluding carboxylic acids is 1. The number of para-hydroxylation sites is 2. The van der Waals surface area contributed by atoms with Gasteiger partial charge in [-0.05, 0) is 24.3 Å². The van der Waals surface area contributed by atoms with E-state index in [2.05, 4.69) is 14.7 Å². The standard InChI is InChI=1S/C23H19N5O4S2/c1-34(30,31)23-26-22(33-27-23)25-21(29)16(14-24)13-17-15-28(20-10-6-5-9-19(17)20)11-12-32-18-7-3-2-4-8-18/h2-10,13,15H,11-12H2,1H3,(H,25,26,27,29). The van der Waals surface area contributed by atoms with Gasteiger partial charge in [0.25, 0.3) is 11.1 Å². The van der Waals surface area contributed by atoms with E-state index in [-0.39, 0.29) is 15.9 Å². The van der Waals surface area contributed by atoms with Gasteiger partial charge >= 0.3 is 0 Å². The zero-order chi connectivity index (χ0) is 24.1. The van der Waals surface area contributed by atoms with Crippen LogP contribution in [0.2, 0.25) is 0 Å². The summed E-state index contributed by atoms with van der Waals surface area (Å²) in [6.07, 6.45) is 4.32. The molecule has 0 saturated heterocycles. The molecule has 2 heterocycles. The average Bonchev–Trinajstić information content (AvgIpc) is 3.43. The first-order chi connectivity index (χ1) is 16.3. The van der Waals surface area contributed by atoms with Crippen LogP contribution >= 0.6 is 11.5 Å². The minimum absolute atomic E-state index is 0.00735. The number of rotatable bonds is 8. The molecule has 172 valence electrons. The summed E-state index contributed by atoms with van der Waals surface area (Å²) in [5, 5.41) is 12.5. The molecule has 4 rings (SSSR count). The lowest BCUT2D eigenvalue weighted by Crippen LogP contribution is -2.13. The van der Waals surface area contributed by atoms with E-state index in [0.29, 0.717) is 18.7 Å². The second-order valence-electron chi connectivity index (χ2n) is 7.23. The quantitative estimate of drug-likeness (QED) is 0.294. The van der Waals surface area contributed by atoms with Crippen LogP contribution in [0.25, 0.3) is 17.0 Å². The molecule has 4 aromatic rings. The lowest BCUT2D eigenvalue weighted by atomic mass is 10.1. The summed E-state index contributed by atoms with van der Waals surface area (Å²) in [7, 11) is -3.59.